The van der Waals surface area contributed by atoms with E-state index in [1.807, 2.05) is 19.1 Å². The number of hydrogen-bond donors (Lipinski definition) is 3. The number of aryl methyl sites for hydroxylation is 1. The monoisotopic (exact) mass is 451 g/mol. The van der Waals surface area contributed by atoms with Crippen LogP contribution in [0.2, 0.25) is 0 Å². The molecule has 6 nitrogen and oxygen atoms in total. The van der Waals surface area contributed by atoms with E-state index in [9.17, 15) is 14.7 Å². The van der Waals surface area contributed by atoms with E-state index >= 15 is 0 Å². The first-order valence-corrected chi connectivity index (χ1v) is 11.7. The van der Waals surface area contributed by atoms with Crippen molar-refractivity contribution in [3.8, 4) is 11.1 Å². The molecule has 4 N–H and O–H groups in total. The van der Waals surface area contributed by atoms with E-state index in [-0.39, 0.29) is 18.2 Å². The highest BCUT2D eigenvalue weighted by atomic mass is 32.2. The molecule has 0 bridgehead atoms. The van der Waals surface area contributed by atoms with Crippen molar-refractivity contribution in [1.82, 2.24) is 10.3 Å². The molecular weight excluding hydrogens is 422 g/mol. The Labute approximate surface area is 192 Å². The Bertz CT molecular complexity index is 1130. The number of primary amides is 1. The van der Waals surface area contributed by atoms with Crippen molar-refractivity contribution in [3.05, 3.63) is 64.8 Å². The molecule has 168 valence electrons. The minimum absolute atomic E-state index is 0.185. The molecular formula is C25H29N3O3S. The molecule has 3 aromatic rings. The average Bonchev–Trinajstić information content (AvgIpc) is 2.72. The number of aromatic nitrogens is 1. The van der Waals surface area contributed by atoms with Crippen molar-refractivity contribution < 1.29 is 14.7 Å². The molecule has 0 spiro atoms. The first-order chi connectivity index (χ1) is 15.2. The second kappa shape index (κ2) is 10.5. The molecule has 0 radical (unpaired) electrons. The van der Waals surface area contributed by atoms with Crippen LogP contribution in [0.3, 0.4) is 0 Å². The van der Waals surface area contributed by atoms with Crippen LogP contribution in [-0.4, -0.2) is 27.8 Å². The molecule has 0 aliphatic carbocycles. The molecule has 0 atom stereocenters. The molecule has 3 rings (SSSR count). The van der Waals surface area contributed by atoms with Gasteiger partial charge in [0.15, 0.2) is 0 Å². The molecule has 7 heteroatoms. The van der Waals surface area contributed by atoms with Crippen molar-refractivity contribution in [2.45, 2.75) is 39.5 Å². The molecule has 0 saturated carbocycles. The summed E-state index contributed by atoms with van der Waals surface area (Å²) in [5.41, 5.74) is 12.2. The summed E-state index contributed by atoms with van der Waals surface area (Å²) in [5.74, 6) is 0.960. The molecule has 32 heavy (non-hydrogen) atoms. The number of carbonyl (C=O) groups excluding carboxylic acids is 1. The van der Waals surface area contributed by atoms with Gasteiger partial charge in [-0.3, -0.25) is 9.78 Å². The Morgan fingerprint density at radius 3 is 2.50 bits per heavy atom. The average molecular weight is 452 g/mol. The van der Waals surface area contributed by atoms with E-state index in [0.717, 1.165) is 50.8 Å². The zero-order chi connectivity index (χ0) is 23.3. The van der Waals surface area contributed by atoms with E-state index in [1.54, 1.807) is 0 Å². The summed E-state index contributed by atoms with van der Waals surface area (Å²) in [6.07, 6.45) is -0.311. The third-order valence-corrected chi connectivity index (χ3v) is 6.13. The van der Waals surface area contributed by atoms with E-state index < -0.39 is 6.09 Å². The van der Waals surface area contributed by atoms with Crippen LogP contribution in [0.1, 0.15) is 36.2 Å². The molecule has 0 fully saturated rings. The van der Waals surface area contributed by atoms with Crippen LogP contribution in [0.4, 0.5) is 4.79 Å². The van der Waals surface area contributed by atoms with E-state index in [2.05, 4.69) is 49.5 Å². The predicted octanol–water partition coefficient (Wildman–Crippen LogP) is 4.89. The van der Waals surface area contributed by atoms with Gasteiger partial charge >= 0.3 is 6.09 Å². The number of carboxylic acid groups (broad SMARTS) is 1. The number of nitrogens with one attached hydrogen (secondary N) is 1. The lowest BCUT2D eigenvalue weighted by atomic mass is 9.90. The van der Waals surface area contributed by atoms with Crippen LogP contribution in [0.5, 0.6) is 0 Å². The van der Waals surface area contributed by atoms with Crippen molar-refractivity contribution >= 4 is 34.7 Å². The second-order valence-corrected chi connectivity index (χ2v) is 9.33. The Morgan fingerprint density at radius 1 is 1.16 bits per heavy atom. The number of rotatable bonds is 9. The van der Waals surface area contributed by atoms with Gasteiger partial charge in [0.25, 0.3) is 0 Å². The Hall–Kier alpha value is -3.06. The van der Waals surface area contributed by atoms with Gasteiger partial charge in [-0.05, 0) is 48.1 Å². The normalized spacial score (nSPS) is 11.1. The van der Waals surface area contributed by atoms with Crippen LogP contribution in [-0.2, 0) is 23.5 Å². The SMILES string of the molecule is Cc1ccc(-c2c(CNC(=O)O)c(CC(C)C)nc3ccc(CSCC(N)=O)cc23)cc1. The zero-order valence-electron chi connectivity index (χ0n) is 18.6. The highest BCUT2D eigenvalue weighted by Crippen LogP contribution is 2.35. The maximum atomic E-state index is 11.3. The number of nitrogens with zero attached hydrogens (tertiary/aromatic N) is 1. The molecule has 0 saturated heterocycles. The number of nitrogens with two attached hydrogens (primary N) is 1. The van der Waals surface area contributed by atoms with Crippen molar-refractivity contribution in [3.63, 3.8) is 0 Å². The maximum absolute atomic E-state index is 11.3. The van der Waals surface area contributed by atoms with Crippen LogP contribution in [0, 0.1) is 12.8 Å². The van der Waals surface area contributed by atoms with Crippen LogP contribution < -0.4 is 11.1 Å². The van der Waals surface area contributed by atoms with Gasteiger partial charge in [-0.2, -0.15) is 0 Å². The first kappa shape index (κ1) is 23.6. The summed E-state index contributed by atoms with van der Waals surface area (Å²) >= 11 is 1.47. The zero-order valence-corrected chi connectivity index (χ0v) is 19.5. The van der Waals surface area contributed by atoms with E-state index in [1.165, 1.54) is 11.8 Å². The van der Waals surface area contributed by atoms with Gasteiger partial charge in [0.05, 0.1) is 11.3 Å². The molecule has 1 aromatic heterocycles. The van der Waals surface area contributed by atoms with E-state index in [0.29, 0.717) is 11.7 Å². The lowest BCUT2D eigenvalue weighted by molar-refractivity contribution is -0.115. The molecule has 0 aliphatic rings. The number of thioether (sulfide) groups is 1. The Morgan fingerprint density at radius 2 is 1.88 bits per heavy atom. The third kappa shape index (κ3) is 6.01. The molecule has 0 unspecified atom stereocenters. The minimum Gasteiger partial charge on any atom is -0.465 e. The summed E-state index contributed by atoms with van der Waals surface area (Å²) < 4.78 is 0. The van der Waals surface area contributed by atoms with Crippen molar-refractivity contribution in [2.24, 2.45) is 11.7 Å². The molecule has 1 heterocycles. The number of carbonyl (C=O) groups is 2. The largest absolute Gasteiger partial charge is 0.465 e. The molecule has 2 aromatic carbocycles. The highest BCUT2D eigenvalue weighted by Gasteiger charge is 2.18. The van der Waals surface area contributed by atoms with Gasteiger partial charge in [-0.25, -0.2) is 4.79 Å². The van der Waals surface area contributed by atoms with Crippen LogP contribution in [0.15, 0.2) is 42.5 Å². The fourth-order valence-electron chi connectivity index (χ4n) is 3.72. The topological polar surface area (TPSA) is 105 Å². The number of amides is 2. The summed E-state index contributed by atoms with van der Waals surface area (Å²) in [7, 11) is 0. The number of hydrogen-bond acceptors (Lipinski definition) is 4. The van der Waals surface area contributed by atoms with Gasteiger partial charge in [0.2, 0.25) is 5.91 Å². The standard InChI is InChI=1S/C25H29N3O3S/c1-15(2)10-22-20(12-27-25(30)31)24(18-7-4-16(3)5-8-18)19-11-17(6-9-21(19)28-22)13-32-14-23(26)29/h4-9,11,15,27H,10,12-14H2,1-3H3,(H2,26,29)(H,30,31). The number of fused-ring (bicyclic) bond motifs is 1. The summed E-state index contributed by atoms with van der Waals surface area (Å²) in [6, 6.07) is 14.4. The minimum atomic E-state index is -1.06. The summed E-state index contributed by atoms with van der Waals surface area (Å²) in [6.45, 7) is 6.49. The van der Waals surface area contributed by atoms with Crippen LogP contribution in [0.25, 0.3) is 22.0 Å². The lowest BCUT2D eigenvalue weighted by Gasteiger charge is -2.19. The van der Waals surface area contributed by atoms with Gasteiger partial charge in [-0.1, -0.05) is 49.7 Å². The number of pyridine rings is 1. The van der Waals surface area contributed by atoms with E-state index in [4.69, 9.17) is 10.7 Å². The highest BCUT2D eigenvalue weighted by molar-refractivity contribution is 7.99. The quantitative estimate of drug-likeness (QED) is 0.429. The van der Waals surface area contributed by atoms with Crippen LogP contribution >= 0.6 is 11.8 Å². The number of benzene rings is 2. The predicted molar refractivity (Wildman–Crippen MR) is 131 cm³/mol. The Kier molecular flexibility index (Phi) is 7.75. The second-order valence-electron chi connectivity index (χ2n) is 8.35. The van der Waals surface area contributed by atoms with Gasteiger partial charge < -0.3 is 16.2 Å². The van der Waals surface area contributed by atoms with Crippen molar-refractivity contribution in [1.29, 1.82) is 0 Å². The van der Waals surface area contributed by atoms with Gasteiger partial charge in [0.1, 0.15) is 0 Å². The van der Waals surface area contributed by atoms with Gasteiger partial charge in [0, 0.05) is 28.9 Å². The maximum Gasteiger partial charge on any atom is 0.404 e. The fraction of sp³-hybridized carbons (Fsp3) is 0.320. The lowest BCUT2D eigenvalue weighted by Crippen LogP contribution is -2.22. The smallest absolute Gasteiger partial charge is 0.404 e. The van der Waals surface area contributed by atoms with Gasteiger partial charge in [-0.15, -0.1) is 11.8 Å². The third-order valence-electron chi connectivity index (χ3n) is 5.11. The molecule has 0 aliphatic heterocycles. The fourth-order valence-corrected chi connectivity index (χ4v) is 4.44. The Balaban J connectivity index is 2.22. The molecule has 2 amide bonds. The first-order valence-electron chi connectivity index (χ1n) is 10.6. The summed E-state index contributed by atoms with van der Waals surface area (Å²) in [4.78, 5) is 27.4. The summed E-state index contributed by atoms with van der Waals surface area (Å²) in [5, 5.41) is 12.8. The van der Waals surface area contributed by atoms with Crippen molar-refractivity contribution in [2.75, 3.05) is 5.75 Å².